The lowest BCUT2D eigenvalue weighted by atomic mass is 9.85. The van der Waals surface area contributed by atoms with Gasteiger partial charge in [-0.15, -0.1) is 0 Å². The first-order valence-corrected chi connectivity index (χ1v) is 11.8. The molecule has 1 saturated carbocycles. The average molecular weight is 457 g/mol. The fourth-order valence-electron chi connectivity index (χ4n) is 4.01. The molecule has 182 valence electrons. The Labute approximate surface area is 198 Å². The Hall–Kier alpha value is -2.54. The van der Waals surface area contributed by atoms with Gasteiger partial charge in [0.05, 0.1) is 6.04 Å². The van der Waals surface area contributed by atoms with Crippen molar-refractivity contribution in [1.29, 1.82) is 0 Å². The summed E-state index contributed by atoms with van der Waals surface area (Å²) < 4.78 is 0. The minimum Gasteiger partial charge on any atom is -0.480 e. The molecule has 1 fully saturated rings. The third kappa shape index (κ3) is 11.2. The zero-order valence-corrected chi connectivity index (χ0v) is 19.7. The van der Waals surface area contributed by atoms with E-state index in [9.17, 15) is 9.59 Å². The fourth-order valence-corrected chi connectivity index (χ4v) is 4.01. The lowest BCUT2D eigenvalue weighted by molar-refractivity contribution is -0.138. The molecule has 2 aromatic rings. The first-order valence-electron chi connectivity index (χ1n) is 11.8. The van der Waals surface area contributed by atoms with E-state index >= 15 is 0 Å². The lowest BCUT2D eigenvalue weighted by Gasteiger charge is -2.21. The molecule has 0 saturated heterocycles. The molecule has 2 aromatic carbocycles. The molecule has 0 aliphatic heterocycles. The van der Waals surface area contributed by atoms with Crippen molar-refractivity contribution >= 4 is 12.3 Å². The molecular formula is C27H40N2O4. The van der Waals surface area contributed by atoms with Crippen LogP contribution in [0.4, 0.5) is 0 Å². The summed E-state index contributed by atoms with van der Waals surface area (Å²) in [5, 5.41) is 15.8. The van der Waals surface area contributed by atoms with Crippen molar-refractivity contribution in [3.05, 3.63) is 60.2 Å². The van der Waals surface area contributed by atoms with Gasteiger partial charge in [0, 0.05) is 7.11 Å². The van der Waals surface area contributed by atoms with Gasteiger partial charge in [0.2, 0.25) is 0 Å². The number of carbonyl (C=O) groups excluding carboxylic acids is 1. The number of rotatable bonds is 9. The number of hydrogen-bond donors (Lipinski definition) is 4. The zero-order valence-electron chi connectivity index (χ0n) is 19.7. The highest BCUT2D eigenvalue weighted by molar-refractivity contribution is 5.75. The molecule has 0 heterocycles. The zero-order chi connectivity index (χ0) is 24.5. The maximum atomic E-state index is 10.7. The van der Waals surface area contributed by atoms with Crippen molar-refractivity contribution in [2.24, 2.45) is 17.4 Å². The van der Waals surface area contributed by atoms with Gasteiger partial charge < -0.3 is 26.5 Å². The van der Waals surface area contributed by atoms with Gasteiger partial charge in [-0.2, -0.15) is 0 Å². The van der Waals surface area contributed by atoms with Gasteiger partial charge in [-0.25, -0.2) is 0 Å². The Morgan fingerprint density at radius 3 is 2.06 bits per heavy atom. The summed E-state index contributed by atoms with van der Waals surface area (Å²) in [4.78, 5) is 21.0. The largest absolute Gasteiger partial charge is 0.480 e. The van der Waals surface area contributed by atoms with Gasteiger partial charge >= 0.3 is 5.97 Å². The van der Waals surface area contributed by atoms with Crippen LogP contribution in [0.15, 0.2) is 54.6 Å². The van der Waals surface area contributed by atoms with Crippen LogP contribution in [0, 0.1) is 5.92 Å². The van der Waals surface area contributed by atoms with Crippen LogP contribution in [0.3, 0.4) is 0 Å². The highest BCUT2D eigenvalue weighted by Crippen LogP contribution is 2.28. The van der Waals surface area contributed by atoms with E-state index in [-0.39, 0.29) is 6.04 Å². The minimum absolute atomic E-state index is 0.221. The van der Waals surface area contributed by atoms with Crippen molar-refractivity contribution < 1.29 is 19.8 Å². The topological polar surface area (TPSA) is 127 Å². The van der Waals surface area contributed by atoms with Crippen molar-refractivity contribution in [3.8, 4) is 11.1 Å². The van der Waals surface area contributed by atoms with Crippen LogP contribution < -0.4 is 11.5 Å². The average Bonchev–Trinajstić information content (AvgIpc) is 2.88. The van der Waals surface area contributed by atoms with Gasteiger partial charge in [-0.05, 0) is 29.0 Å². The summed E-state index contributed by atoms with van der Waals surface area (Å²) in [7, 11) is 1.00. The highest BCUT2D eigenvalue weighted by Gasteiger charge is 2.14. The Morgan fingerprint density at radius 1 is 0.939 bits per heavy atom. The molecule has 1 aliphatic rings. The number of carboxylic acids is 1. The van der Waals surface area contributed by atoms with Crippen LogP contribution in [-0.2, 0) is 9.59 Å². The van der Waals surface area contributed by atoms with Crippen LogP contribution in [-0.4, -0.2) is 35.6 Å². The number of benzene rings is 2. The number of aldehydes is 1. The Kier molecular flexibility index (Phi) is 14.7. The van der Waals surface area contributed by atoms with E-state index in [1.165, 1.54) is 44.9 Å². The number of carbonyl (C=O) groups is 2. The molecule has 33 heavy (non-hydrogen) atoms. The predicted molar refractivity (Wildman–Crippen MR) is 134 cm³/mol. The van der Waals surface area contributed by atoms with Crippen molar-refractivity contribution in [2.45, 2.75) is 69.9 Å². The monoisotopic (exact) mass is 456 g/mol. The molecule has 6 N–H and O–H groups in total. The summed E-state index contributed by atoms with van der Waals surface area (Å²) in [6.07, 6.45) is 12.6. The highest BCUT2D eigenvalue weighted by atomic mass is 16.4. The quantitative estimate of drug-likeness (QED) is 0.320. The predicted octanol–water partition coefficient (Wildman–Crippen LogP) is 4.70. The molecule has 0 amide bonds. The molecule has 0 bridgehead atoms. The standard InChI is InChI=1S/C14H13NO2.C12H23NO.CH4O/c15-13(14(16)17)12-8-6-11(7-9-12)10-4-2-1-3-5-10;13-12(10-14)9-5-4-8-11-6-2-1-3-7-11;1-2/h1-9,13H,15H2,(H,16,17);10-12H,1-9,13H2;2H,1H3. The number of hydrogen-bond acceptors (Lipinski definition) is 5. The maximum Gasteiger partial charge on any atom is 0.325 e. The van der Waals surface area contributed by atoms with E-state index in [1.807, 2.05) is 42.5 Å². The minimum atomic E-state index is -1.02. The molecular weight excluding hydrogens is 416 g/mol. The SMILES string of the molecule is CO.NC(C(=O)O)c1ccc(-c2ccccc2)cc1.NC(C=O)CCCCC1CCCCC1. The molecule has 2 atom stereocenters. The van der Waals surface area contributed by atoms with Gasteiger partial charge in [0.15, 0.2) is 0 Å². The third-order valence-electron chi connectivity index (χ3n) is 5.94. The molecule has 1 aliphatic carbocycles. The summed E-state index contributed by atoms with van der Waals surface area (Å²) in [6.45, 7) is 0. The number of nitrogens with two attached hydrogens (primary N) is 2. The van der Waals surface area contributed by atoms with Crippen molar-refractivity contribution in [2.75, 3.05) is 7.11 Å². The van der Waals surface area contributed by atoms with E-state index < -0.39 is 12.0 Å². The summed E-state index contributed by atoms with van der Waals surface area (Å²) in [6, 6.07) is 16.0. The maximum absolute atomic E-state index is 10.7. The van der Waals surface area contributed by atoms with E-state index in [1.54, 1.807) is 12.1 Å². The van der Waals surface area contributed by atoms with Gasteiger partial charge in [0.1, 0.15) is 12.3 Å². The number of aliphatic hydroxyl groups is 1. The Balaban J connectivity index is 0.000000313. The van der Waals surface area contributed by atoms with Crippen LogP contribution in [0.5, 0.6) is 0 Å². The molecule has 2 unspecified atom stereocenters. The second kappa shape index (κ2) is 17.0. The van der Waals surface area contributed by atoms with E-state index in [4.69, 9.17) is 21.7 Å². The van der Waals surface area contributed by atoms with Gasteiger partial charge in [-0.1, -0.05) is 106 Å². The van der Waals surface area contributed by atoms with Gasteiger partial charge in [-0.3, -0.25) is 4.79 Å². The Morgan fingerprint density at radius 2 is 1.52 bits per heavy atom. The number of unbranched alkanes of at least 4 members (excludes halogenated alkanes) is 1. The van der Waals surface area contributed by atoms with Crippen molar-refractivity contribution in [1.82, 2.24) is 0 Å². The van der Waals surface area contributed by atoms with Crippen LogP contribution >= 0.6 is 0 Å². The number of aliphatic hydroxyl groups excluding tert-OH is 1. The lowest BCUT2D eigenvalue weighted by Crippen LogP contribution is -2.20. The van der Waals surface area contributed by atoms with Crippen LogP contribution in [0.1, 0.15) is 69.4 Å². The fraction of sp³-hybridized carbons (Fsp3) is 0.481. The van der Waals surface area contributed by atoms with E-state index in [0.717, 1.165) is 43.3 Å². The summed E-state index contributed by atoms with van der Waals surface area (Å²) >= 11 is 0. The second-order valence-corrected chi connectivity index (χ2v) is 8.39. The molecule has 6 nitrogen and oxygen atoms in total. The summed E-state index contributed by atoms with van der Waals surface area (Å²) in [5.74, 6) is -0.0475. The normalized spacial score (nSPS) is 15.2. The molecule has 0 radical (unpaired) electrons. The third-order valence-corrected chi connectivity index (χ3v) is 5.94. The van der Waals surface area contributed by atoms with E-state index in [2.05, 4.69) is 0 Å². The first kappa shape index (κ1) is 28.5. The molecule has 3 rings (SSSR count). The van der Waals surface area contributed by atoms with Crippen LogP contribution in [0.25, 0.3) is 11.1 Å². The van der Waals surface area contributed by atoms with Crippen LogP contribution in [0.2, 0.25) is 0 Å². The van der Waals surface area contributed by atoms with Gasteiger partial charge in [0.25, 0.3) is 0 Å². The van der Waals surface area contributed by atoms with Crippen molar-refractivity contribution in [3.63, 3.8) is 0 Å². The number of aliphatic carboxylic acids is 1. The second-order valence-electron chi connectivity index (χ2n) is 8.39. The molecule has 6 heteroatoms. The van der Waals surface area contributed by atoms with E-state index in [0.29, 0.717) is 5.56 Å². The first-order chi connectivity index (χ1) is 16.0. The molecule has 0 aromatic heterocycles. The molecule has 0 spiro atoms. The summed E-state index contributed by atoms with van der Waals surface area (Å²) in [5.41, 5.74) is 13.8. The smallest absolute Gasteiger partial charge is 0.325 e. The number of carboxylic acid groups (broad SMARTS) is 1. The Bertz CT molecular complexity index is 774.